The minimum atomic E-state index is -0.529. The highest BCUT2D eigenvalue weighted by atomic mass is 16.5. The molecule has 0 radical (unpaired) electrons. The summed E-state index contributed by atoms with van der Waals surface area (Å²) >= 11 is 0. The van der Waals surface area contributed by atoms with E-state index in [1.165, 1.54) is 11.6 Å². The van der Waals surface area contributed by atoms with Crippen LogP contribution in [0.4, 0.5) is 5.69 Å². The first kappa shape index (κ1) is 19.9. The number of nitrogens with one attached hydrogen (secondary N) is 1. The van der Waals surface area contributed by atoms with Gasteiger partial charge in [-0.3, -0.25) is 9.59 Å². The monoisotopic (exact) mass is 386 g/mol. The van der Waals surface area contributed by atoms with Gasteiger partial charge in [-0.1, -0.05) is 60.7 Å². The van der Waals surface area contributed by atoms with Crippen molar-refractivity contribution in [2.45, 2.75) is 6.42 Å². The van der Waals surface area contributed by atoms with Gasteiger partial charge in [-0.05, 0) is 47.4 Å². The van der Waals surface area contributed by atoms with E-state index in [-0.39, 0.29) is 12.5 Å². The van der Waals surface area contributed by atoms with E-state index in [9.17, 15) is 9.59 Å². The lowest BCUT2D eigenvalue weighted by Crippen LogP contribution is -2.19. The Morgan fingerprint density at radius 3 is 2.31 bits per heavy atom. The van der Waals surface area contributed by atoms with Crippen LogP contribution >= 0.6 is 0 Å². The topological polar surface area (TPSA) is 81.4 Å². The third-order valence-corrected chi connectivity index (χ3v) is 4.20. The van der Waals surface area contributed by atoms with E-state index in [1.807, 2.05) is 42.5 Å². The van der Waals surface area contributed by atoms with Crippen LogP contribution in [0.25, 0.3) is 6.08 Å². The second kappa shape index (κ2) is 9.90. The van der Waals surface area contributed by atoms with Crippen LogP contribution in [-0.4, -0.2) is 18.4 Å². The Hall–Kier alpha value is -3.86. The highest BCUT2D eigenvalue weighted by Gasteiger charge is 2.05. The number of benzene rings is 3. The number of hydrogen-bond donors (Lipinski definition) is 2. The van der Waals surface area contributed by atoms with Crippen molar-refractivity contribution in [3.05, 3.63) is 102 Å². The normalized spacial score (nSPS) is 10.6. The molecule has 0 aliphatic heterocycles. The van der Waals surface area contributed by atoms with Crippen molar-refractivity contribution < 1.29 is 14.3 Å². The number of rotatable bonds is 8. The van der Waals surface area contributed by atoms with Gasteiger partial charge in [0.15, 0.2) is 6.61 Å². The van der Waals surface area contributed by atoms with Crippen LogP contribution in [0.1, 0.15) is 16.7 Å². The van der Waals surface area contributed by atoms with Crippen LogP contribution in [-0.2, 0) is 16.0 Å². The number of carbonyl (C=O) groups is 2. The zero-order valence-electron chi connectivity index (χ0n) is 15.9. The van der Waals surface area contributed by atoms with Crippen molar-refractivity contribution in [3.8, 4) is 5.75 Å². The third kappa shape index (κ3) is 6.36. The largest absolute Gasteiger partial charge is 0.484 e. The molecule has 3 rings (SSSR count). The van der Waals surface area contributed by atoms with Crippen molar-refractivity contribution in [1.29, 1.82) is 0 Å². The van der Waals surface area contributed by atoms with E-state index >= 15 is 0 Å². The van der Waals surface area contributed by atoms with E-state index < -0.39 is 5.91 Å². The molecule has 3 aromatic rings. The van der Waals surface area contributed by atoms with Gasteiger partial charge >= 0.3 is 0 Å². The molecule has 0 aliphatic carbocycles. The Morgan fingerprint density at radius 2 is 1.59 bits per heavy atom. The molecule has 0 aromatic heterocycles. The molecular weight excluding hydrogens is 364 g/mol. The average molecular weight is 386 g/mol. The summed E-state index contributed by atoms with van der Waals surface area (Å²) < 4.78 is 5.21. The van der Waals surface area contributed by atoms with Crippen molar-refractivity contribution in [2.24, 2.45) is 5.73 Å². The lowest BCUT2D eigenvalue weighted by molar-refractivity contribution is -0.120. The maximum atomic E-state index is 12.4. The van der Waals surface area contributed by atoms with Gasteiger partial charge in [0.05, 0.1) is 0 Å². The summed E-state index contributed by atoms with van der Waals surface area (Å²) in [5.74, 6) is -0.196. The lowest BCUT2D eigenvalue weighted by Gasteiger charge is -2.10. The minimum Gasteiger partial charge on any atom is -0.484 e. The Labute approximate surface area is 169 Å². The lowest BCUT2D eigenvalue weighted by atomic mass is 10.0. The van der Waals surface area contributed by atoms with Crippen LogP contribution in [0.5, 0.6) is 5.75 Å². The summed E-state index contributed by atoms with van der Waals surface area (Å²) in [6.45, 7) is -0.167. The number of amides is 2. The molecule has 0 aliphatic rings. The Morgan fingerprint density at radius 1 is 0.897 bits per heavy atom. The minimum absolute atomic E-state index is 0.167. The molecule has 0 saturated heterocycles. The molecule has 0 fully saturated rings. The van der Waals surface area contributed by atoms with E-state index in [4.69, 9.17) is 10.5 Å². The highest BCUT2D eigenvalue weighted by molar-refractivity contribution is 6.02. The number of carbonyl (C=O) groups excluding carboxylic acids is 2. The number of nitrogens with two attached hydrogens (primary N) is 1. The van der Waals surface area contributed by atoms with Crippen molar-refractivity contribution >= 4 is 23.6 Å². The molecule has 146 valence electrons. The summed E-state index contributed by atoms with van der Waals surface area (Å²) in [4.78, 5) is 23.1. The molecule has 0 unspecified atom stereocenters. The van der Waals surface area contributed by atoms with E-state index in [2.05, 4.69) is 17.4 Å². The van der Waals surface area contributed by atoms with Crippen LogP contribution < -0.4 is 15.8 Å². The van der Waals surface area contributed by atoms with Gasteiger partial charge in [-0.25, -0.2) is 0 Å². The number of ether oxygens (including phenoxy) is 1. The second-order valence-electron chi connectivity index (χ2n) is 6.47. The summed E-state index contributed by atoms with van der Waals surface area (Å²) in [6, 6.07) is 24.9. The third-order valence-electron chi connectivity index (χ3n) is 4.20. The molecule has 0 spiro atoms. The predicted molar refractivity (Wildman–Crippen MR) is 114 cm³/mol. The summed E-state index contributed by atoms with van der Waals surface area (Å²) in [5.41, 5.74) is 8.91. The molecule has 29 heavy (non-hydrogen) atoms. The Balaban J connectivity index is 1.61. The standard InChI is InChI=1S/C24H22N2O3/c25-23(27)17-29-21-13-10-18(11-14-21)12-15-24(28)26-22-9-5-4-8-20(22)16-19-6-2-1-3-7-19/h1-15H,16-17H2,(H2,25,27)(H,26,28)/b15-12+. The number of primary amides is 1. The van der Waals surface area contributed by atoms with Gasteiger partial charge in [0.2, 0.25) is 5.91 Å². The maximum Gasteiger partial charge on any atom is 0.255 e. The molecule has 0 heterocycles. The summed E-state index contributed by atoms with van der Waals surface area (Å²) in [7, 11) is 0. The first-order chi connectivity index (χ1) is 14.1. The zero-order chi connectivity index (χ0) is 20.5. The molecule has 3 N–H and O–H groups in total. The van der Waals surface area contributed by atoms with Crippen LogP contribution in [0, 0.1) is 0 Å². The Kier molecular flexibility index (Phi) is 6.79. The van der Waals surface area contributed by atoms with Gasteiger partial charge < -0.3 is 15.8 Å². The van der Waals surface area contributed by atoms with E-state index in [0.29, 0.717) is 5.75 Å². The van der Waals surface area contributed by atoms with Crippen LogP contribution in [0.2, 0.25) is 0 Å². The average Bonchev–Trinajstić information content (AvgIpc) is 2.73. The molecule has 0 atom stereocenters. The fraction of sp³-hybridized carbons (Fsp3) is 0.0833. The molecule has 0 saturated carbocycles. The number of hydrogen-bond acceptors (Lipinski definition) is 3. The molecule has 2 amide bonds. The fourth-order valence-corrected chi connectivity index (χ4v) is 2.79. The summed E-state index contributed by atoms with van der Waals surface area (Å²) in [6.07, 6.45) is 3.94. The van der Waals surface area contributed by atoms with E-state index in [0.717, 1.165) is 23.2 Å². The van der Waals surface area contributed by atoms with Gasteiger partial charge in [-0.15, -0.1) is 0 Å². The van der Waals surface area contributed by atoms with Crippen molar-refractivity contribution in [1.82, 2.24) is 0 Å². The first-order valence-electron chi connectivity index (χ1n) is 9.22. The predicted octanol–water partition coefficient (Wildman–Crippen LogP) is 3.79. The zero-order valence-corrected chi connectivity index (χ0v) is 15.9. The van der Waals surface area contributed by atoms with Gasteiger partial charge in [0.1, 0.15) is 5.75 Å². The van der Waals surface area contributed by atoms with E-state index in [1.54, 1.807) is 30.3 Å². The highest BCUT2D eigenvalue weighted by Crippen LogP contribution is 2.19. The number of anilines is 1. The smallest absolute Gasteiger partial charge is 0.255 e. The molecule has 5 nitrogen and oxygen atoms in total. The van der Waals surface area contributed by atoms with Gasteiger partial charge in [0, 0.05) is 11.8 Å². The molecule has 3 aromatic carbocycles. The Bertz CT molecular complexity index is 996. The van der Waals surface area contributed by atoms with Crippen LogP contribution in [0.3, 0.4) is 0 Å². The van der Waals surface area contributed by atoms with Crippen molar-refractivity contribution in [3.63, 3.8) is 0 Å². The van der Waals surface area contributed by atoms with Gasteiger partial charge in [0.25, 0.3) is 5.91 Å². The van der Waals surface area contributed by atoms with Gasteiger partial charge in [-0.2, -0.15) is 0 Å². The second-order valence-corrected chi connectivity index (χ2v) is 6.47. The quantitative estimate of drug-likeness (QED) is 0.578. The van der Waals surface area contributed by atoms with Crippen LogP contribution in [0.15, 0.2) is 84.9 Å². The molecule has 0 bridgehead atoms. The fourth-order valence-electron chi connectivity index (χ4n) is 2.79. The number of para-hydroxylation sites is 1. The SMILES string of the molecule is NC(=O)COc1ccc(/C=C/C(=O)Nc2ccccc2Cc2ccccc2)cc1. The molecule has 5 heteroatoms. The first-order valence-corrected chi connectivity index (χ1v) is 9.22. The van der Waals surface area contributed by atoms with Crippen molar-refractivity contribution in [2.75, 3.05) is 11.9 Å². The maximum absolute atomic E-state index is 12.4. The summed E-state index contributed by atoms with van der Waals surface area (Å²) in [5, 5.41) is 2.94. The molecular formula is C24H22N2O3.